The highest BCUT2D eigenvalue weighted by Gasteiger charge is 2.34. The largest absolute Gasteiger partial charge is 0.384 e. The van der Waals surface area contributed by atoms with Crippen LogP contribution in [0, 0.1) is 0 Å². The highest BCUT2D eigenvalue weighted by molar-refractivity contribution is 5.78. The number of fused-ring (bicyclic) bond motifs is 1. The van der Waals surface area contributed by atoms with Crippen molar-refractivity contribution in [2.75, 3.05) is 38.5 Å². The lowest BCUT2D eigenvalue weighted by molar-refractivity contribution is -0.136. The fourth-order valence-electron chi connectivity index (χ4n) is 3.33. The van der Waals surface area contributed by atoms with E-state index in [4.69, 9.17) is 0 Å². The molecular weight excluding hydrogens is 262 g/mol. The molecule has 3 rings (SSSR count). The standard InChI is InChI=1S/C17H25N3O/c1-17(2)12-20(9-8-19(17)3)16(21)10-13-11-18-15-7-5-4-6-14(13)15/h4-7,13,18H,8-12H2,1-3H3. The third-order valence-corrected chi connectivity index (χ3v) is 5.03. The monoisotopic (exact) mass is 287 g/mol. The van der Waals surface area contributed by atoms with E-state index >= 15 is 0 Å². The minimum absolute atomic E-state index is 0.0692. The smallest absolute Gasteiger partial charge is 0.223 e. The Hall–Kier alpha value is -1.55. The van der Waals surface area contributed by atoms with Crippen LogP contribution in [0.15, 0.2) is 24.3 Å². The van der Waals surface area contributed by atoms with E-state index in [-0.39, 0.29) is 5.54 Å². The SMILES string of the molecule is CN1CCN(C(=O)CC2CNc3ccccc32)CC1(C)C. The highest BCUT2D eigenvalue weighted by atomic mass is 16.2. The van der Waals surface area contributed by atoms with E-state index in [2.05, 4.69) is 49.3 Å². The second-order valence-electron chi connectivity index (χ2n) is 6.92. The molecule has 1 atom stereocenters. The zero-order valence-corrected chi connectivity index (χ0v) is 13.2. The summed E-state index contributed by atoms with van der Waals surface area (Å²) in [5.41, 5.74) is 2.55. The van der Waals surface area contributed by atoms with Gasteiger partial charge in [0.05, 0.1) is 0 Å². The molecule has 0 aliphatic carbocycles. The van der Waals surface area contributed by atoms with Gasteiger partial charge < -0.3 is 10.2 Å². The van der Waals surface area contributed by atoms with Gasteiger partial charge in [-0.3, -0.25) is 9.69 Å². The molecule has 1 N–H and O–H groups in total. The molecule has 2 aliphatic heterocycles. The van der Waals surface area contributed by atoms with E-state index in [1.165, 1.54) is 11.3 Å². The first kappa shape index (κ1) is 14.4. The minimum atomic E-state index is 0.0692. The number of benzene rings is 1. The van der Waals surface area contributed by atoms with Crippen LogP contribution in [0.5, 0.6) is 0 Å². The Morgan fingerprint density at radius 1 is 1.33 bits per heavy atom. The van der Waals surface area contributed by atoms with E-state index in [0.717, 1.165) is 26.2 Å². The molecule has 4 nitrogen and oxygen atoms in total. The quantitative estimate of drug-likeness (QED) is 0.905. The first-order chi connectivity index (χ1) is 9.97. The van der Waals surface area contributed by atoms with Crippen molar-refractivity contribution in [2.45, 2.75) is 31.7 Å². The normalized spacial score (nSPS) is 24.5. The third kappa shape index (κ3) is 2.77. The van der Waals surface area contributed by atoms with Crippen molar-refractivity contribution in [3.05, 3.63) is 29.8 Å². The number of amides is 1. The number of rotatable bonds is 2. The first-order valence-corrected chi connectivity index (χ1v) is 7.79. The number of likely N-dealkylation sites (N-methyl/N-ethyl adjacent to an activating group) is 1. The molecule has 1 saturated heterocycles. The van der Waals surface area contributed by atoms with Crippen LogP contribution in [0.2, 0.25) is 0 Å². The lowest BCUT2D eigenvalue weighted by Gasteiger charge is -2.45. The Morgan fingerprint density at radius 3 is 2.86 bits per heavy atom. The van der Waals surface area contributed by atoms with Crippen LogP contribution in [0.1, 0.15) is 31.7 Å². The maximum absolute atomic E-state index is 12.6. The fourth-order valence-corrected chi connectivity index (χ4v) is 3.33. The van der Waals surface area contributed by atoms with E-state index in [9.17, 15) is 4.79 Å². The van der Waals surface area contributed by atoms with Crippen molar-refractivity contribution in [3.63, 3.8) is 0 Å². The Balaban J connectivity index is 1.65. The summed E-state index contributed by atoms with van der Waals surface area (Å²) in [5.74, 6) is 0.608. The second-order valence-corrected chi connectivity index (χ2v) is 6.92. The summed E-state index contributed by atoms with van der Waals surface area (Å²) in [7, 11) is 2.14. The Kier molecular flexibility index (Phi) is 3.66. The molecule has 0 saturated carbocycles. The number of carbonyl (C=O) groups excluding carboxylic acids is 1. The first-order valence-electron chi connectivity index (χ1n) is 7.79. The molecule has 0 bridgehead atoms. The number of piperazine rings is 1. The summed E-state index contributed by atoms with van der Waals surface area (Å²) >= 11 is 0. The summed E-state index contributed by atoms with van der Waals surface area (Å²) in [6.45, 7) is 7.92. The van der Waals surface area contributed by atoms with Crippen molar-refractivity contribution in [1.82, 2.24) is 9.80 Å². The van der Waals surface area contributed by atoms with Gasteiger partial charge in [-0.15, -0.1) is 0 Å². The molecule has 1 aromatic carbocycles. The third-order valence-electron chi connectivity index (χ3n) is 5.03. The van der Waals surface area contributed by atoms with Gasteiger partial charge in [0, 0.05) is 49.7 Å². The van der Waals surface area contributed by atoms with E-state index in [1.807, 2.05) is 11.0 Å². The Labute approximate surface area is 127 Å². The van der Waals surface area contributed by atoms with E-state index < -0.39 is 0 Å². The maximum Gasteiger partial charge on any atom is 0.223 e. The molecule has 4 heteroatoms. The molecule has 1 amide bonds. The number of carbonyl (C=O) groups is 1. The Bertz CT molecular complexity index is 541. The van der Waals surface area contributed by atoms with Crippen molar-refractivity contribution >= 4 is 11.6 Å². The highest BCUT2D eigenvalue weighted by Crippen LogP contribution is 2.34. The van der Waals surface area contributed by atoms with Crippen molar-refractivity contribution < 1.29 is 4.79 Å². The zero-order valence-electron chi connectivity index (χ0n) is 13.2. The summed E-state index contributed by atoms with van der Waals surface area (Å²) < 4.78 is 0. The van der Waals surface area contributed by atoms with Crippen molar-refractivity contribution in [3.8, 4) is 0 Å². The van der Waals surface area contributed by atoms with Crippen molar-refractivity contribution in [1.29, 1.82) is 0 Å². The predicted octanol–water partition coefficient (Wildman–Crippen LogP) is 2.14. The molecule has 114 valence electrons. The predicted molar refractivity (Wildman–Crippen MR) is 85.6 cm³/mol. The summed E-state index contributed by atoms with van der Waals surface area (Å²) in [6.07, 6.45) is 0.615. The van der Waals surface area contributed by atoms with E-state index in [1.54, 1.807) is 0 Å². The van der Waals surface area contributed by atoms with Gasteiger partial charge in [-0.05, 0) is 32.5 Å². The molecule has 2 aliphatic rings. The molecule has 21 heavy (non-hydrogen) atoms. The number of nitrogens with one attached hydrogen (secondary N) is 1. The number of hydrogen-bond donors (Lipinski definition) is 1. The van der Waals surface area contributed by atoms with Crippen LogP contribution >= 0.6 is 0 Å². The summed E-state index contributed by atoms with van der Waals surface area (Å²) in [6, 6.07) is 8.33. The summed E-state index contributed by atoms with van der Waals surface area (Å²) in [5, 5.41) is 3.40. The van der Waals surface area contributed by atoms with Crippen molar-refractivity contribution in [2.24, 2.45) is 0 Å². The molecule has 0 radical (unpaired) electrons. The topological polar surface area (TPSA) is 35.6 Å². The van der Waals surface area contributed by atoms with Gasteiger partial charge in [0.25, 0.3) is 0 Å². The molecule has 1 unspecified atom stereocenters. The van der Waals surface area contributed by atoms with E-state index in [0.29, 0.717) is 18.2 Å². The second kappa shape index (κ2) is 5.34. The van der Waals surface area contributed by atoms with Gasteiger partial charge >= 0.3 is 0 Å². The maximum atomic E-state index is 12.6. The van der Waals surface area contributed by atoms with Crippen LogP contribution in [0.4, 0.5) is 5.69 Å². The molecule has 1 aromatic rings. The molecule has 1 fully saturated rings. The van der Waals surface area contributed by atoms with Gasteiger partial charge in [-0.1, -0.05) is 18.2 Å². The number of anilines is 1. The van der Waals surface area contributed by atoms with Crippen LogP contribution in [-0.2, 0) is 4.79 Å². The summed E-state index contributed by atoms with van der Waals surface area (Å²) in [4.78, 5) is 17.0. The fraction of sp³-hybridized carbons (Fsp3) is 0.588. The van der Waals surface area contributed by atoms with Gasteiger partial charge in [-0.2, -0.15) is 0 Å². The Morgan fingerprint density at radius 2 is 2.10 bits per heavy atom. The minimum Gasteiger partial charge on any atom is -0.384 e. The molecule has 2 heterocycles. The van der Waals surface area contributed by atoms with Gasteiger partial charge in [0.1, 0.15) is 0 Å². The number of nitrogens with zero attached hydrogens (tertiary/aromatic N) is 2. The van der Waals surface area contributed by atoms with Crippen LogP contribution in [-0.4, -0.2) is 54.5 Å². The molecular formula is C17H25N3O. The molecule has 0 aromatic heterocycles. The zero-order chi connectivity index (χ0) is 15.0. The average Bonchev–Trinajstić information content (AvgIpc) is 2.85. The van der Waals surface area contributed by atoms with Crippen LogP contribution in [0.25, 0.3) is 0 Å². The lowest BCUT2D eigenvalue weighted by atomic mass is 9.95. The van der Waals surface area contributed by atoms with Gasteiger partial charge in [0.15, 0.2) is 0 Å². The van der Waals surface area contributed by atoms with Crippen LogP contribution < -0.4 is 5.32 Å². The van der Waals surface area contributed by atoms with Crippen LogP contribution in [0.3, 0.4) is 0 Å². The average molecular weight is 287 g/mol. The lowest BCUT2D eigenvalue weighted by Crippen LogP contribution is -2.59. The van der Waals surface area contributed by atoms with Gasteiger partial charge in [0.2, 0.25) is 5.91 Å². The number of para-hydroxylation sites is 1. The number of hydrogen-bond acceptors (Lipinski definition) is 3. The molecule has 0 spiro atoms. The van der Waals surface area contributed by atoms with Gasteiger partial charge in [-0.25, -0.2) is 0 Å².